The lowest BCUT2D eigenvalue weighted by molar-refractivity contribution is -0.134. The molecular formula is C18H33N3O. The highest BCUT2D eigenvalue weighted by atomic mass is 16.2. The van der Waals surface area contributed by atoms with Gasteiger partial charge in [0.15, 0.2) is 0 Å². The van der Waals surface area contributed by atoms with E-state index in [0.29, 0.717) is 18.5 Å². The predicted octanol–water partition coefficient (Wildman–Crippen LogP) is 2.24. The molecule has 2 aliphatic heterocycles. The van der Waals surface area contributed by atoms with Crippen molar-refractivity contribution in [1.29, 1.82) is 0 Å². The Morgan fingerprint density at radius 2 is 1.77 bits per heavy atom. The summed E-state index contributed by atoms with van der Waals surface area (Å²) in [5, 5.41) is 3.65. The van der Waals surface area contributed by atoms with Crippen LogP contribution in [0.1, 0.15) is 57.8 Å². The van der Waals surface area contributed by atoms with Gasteiger partial charge in [-0.25, -0.2) is 0 Å². The topological polar surface area (TPSA) is 35.6 Å². The molecule has 0 spiro atoms. The molecular weight excluding hydrogens is 274 g/mol. The standard InChI is InChI=1S/C18H33N3O/c1-20(16-6-3-2-4-7-16)18(22)14-21-12-9-15(10-13-21)17-8-5-11-19-17/h15-17,19H,2-14H2,1H3. The molecule has 1 aliphatic carbocycles. The zero-order chi connectivity index (χ0) is 15.4. The van der Waals surface area contributed by atoms with Gasteiger partial charge in [-0.3, -0.25) is 9.69 Å². The first-order valence-corrected chi connectivity index (χ1v) is 9.45. The predicted molar refractivity (Wildman–Crippen MR) is 89.8 cm³/mol. The lowest BCUT2D eigenvalue weighted by Gasteiger charge is -2.37. The Morgan fingerprint density at radius 3 is 2.41 bits per heavy atom. The molecule has 1 N–H and O–H groups in total. The average molecular weight is 307 g/mol. The molecule has 1 amide bonds. The van der Waals surface area contributed by atoms with E-state index >= 15 is 0 Å². The number of rotatable bonds is 4. The lowest BCUT2D eigenvalue weighted by Crippen LogP contribution is -2.47. The quantitative estimate of drug-likeness (QED) is 0.865. The van der Waals surface area contributed by atoms with Crippen molar-refractivity contribution >= 4 is 5.91 Å². The highest BCUT2D eigenvalue weighted by Gasteiger charge is 2.30. The number of hydrogen-bond acceptors (Lipinski definition) is 3. The fraction of sp³-hybridized carbons (Fsp3) is 0.944. The van der Waals surface area contributed by atoms with Crippen LogP contribution in [0.5, 0.6) is 0 Å². The number of nitrogens with zero attached hydrogens (tertiary/aromatic N) is 2. The Morgan fingerprint density at radius 1 is 1.05 bits per heavy atom. The van der Waals surface area contributed by atoms with Crippen LogP contribution in [0.3, 0.4) is 0 Å². The van der Waals surface area contributed by atoms with E-state index in [4.69, 9.17) is 0 Å². The monoisotopic (exact) mass is 307 g/mol. The van der Waals surface area contributed by atoms with Gasteiger partial charge < -0.3 is 10.2 Å². The molecule has 1 atom stereocenters. The van der Waals surface area contributed by atoms with Crippen LogP contribution in [0.2, 0.25) is 0 Å². The molecule has 0 aromatic carbocycles. The van der Waals surface area contributed by atoms with E-state index in [0.717, 1.165) is 25.0 Å². The van der Waals surface area contributed by atoms with Crippen LogP contribution in [0.25, 0.3) is 0 Å². The molecule has 3 aliphatic rings. The minimum absolute atomic E-state index is 0.337. The largest absolute Gasteiger partial charge is 0.342 e. The number of hydrogen-bond donors (Lipinski definition) is 1. The molecule has 126 valence electrons. The summed E-state index contributed by atoms with van der Waals surface area (Å²) < 4.78 is 0. The van der Waals surface area contributed by atoms with Gasteiger partial charge in [0, 0.05) is 19.1 Å². The maximum atomic E-state index is 12.5. The second kappa shape index (κ2) is 7.78. The summed E-state index contributed by atoms with van der Waals surface area (Å²) in [5.41, 5.74) is 0. The molecule has 3 rings (SSSR count). The summed E-state index contributed by atoms with van der Waals surface area (Å²) in [6, 6.07) is 1.25. The van der Waals surface area contributed by atoms with E-state index in [9.17, 15) is 4.79 Å². The summed E-state index contributed by atoms with van der Waals surface area (Å²) in [7, 11) is 2.02. The molecule has 2 saturated heterocycles. The lowest BCUT2D eigenvalue weighted by atomic mass is 9.88. The number of carbonyl (C=O) groups is 1. The number of piperidine rings is 1. The smallest absolute Gasteiger partial charge is 0.236 e. The summed E-state index contributed by atoms with van der Waals surface area (Å²) >= 11 is 0. The molecule has 3 fully saturated rings. The van der Waals surface area contributed by atoms with E-state index < -0.39 is 0 Å². The molecule has 0 aromatic rings. The Bertz CT molecular complexity index is 353. The first kappa shape index (κ1) is 16.3. The van der Waals surface area contributed by atoms with Gasteiger partial charge in [0.1, 0.15) is 0 Å². The number of likely N-dealkylation sites (N-methyl/N-ethyl adjacent to an activating group) is 1. The third-order valence-corrected chi connectivity index (χ3v) is 6.17. The average Bonchev–Trinajstić information content (AvgIpc) is 3.10. The highest BCUT2D eigenvalue weighted by Crippen LogP contribution is 2.26. The van der Waals surface area contributed by atoms with Crippen molar-refractivity contribution in [2.24, 2.45) is 5.92 Å². The van der Waals surface area contributed by atoms with Crippen LogP contribution in [0.4, 0.5) is 0 Å². The van der Waals surface area contributed by atoms with Gasteiger partial charge in [-0.1, -0.05) is 19.3 Å². The third-order valence-electron chi connectivity index (χ3n) is 6.17. The molecule has 22 heavy (non-hydrogen) atoms. The summed E-state index contributed by atoms with van der Waals surface area (Å²) in [4.78, 5) is 16.9. The minimum atomic E-state index is 0.337. The van der Waals surface area contributed by atoms with Gasteiger partial charge in [-0.2, -0.15) is 0 Å². The van der Waals surface area contributed by atoms with E-state index in [1.807, 2.05) is 11.9 Å². The van der Waals surface area contributed by atoms with Crippen molar-refractivity contribution in [3.05, 3.63) is 0 Å². The molecule has 1 saturated carbocycles. The van der Waals surface area contributed by atoms with Crippen molar-refractivity contribution < 1.29 is 4.79 Å². The van der Waals surface area contributed by atoms with Crippen LogP contribution < -0.4 is 5.32 Å². The Hall–Kier alpha value is -0.610. The molecule has 0 aromatic heterocycles. The van der Waals surface area contributed by atoms with Crippen LogP contribution in [0.15, 0.2) is 0 Å². The molecule has 0 radical (unpaired) electrons. The van der Waals surface area contributed by atoms with Crippen LogP contribution >= 0.6 is 0 Å². The molecule has 4 nitrogen and oxygen atoms in total. The first-order chi connectivity index (χ1) is 10.7. The van der Waals surface area contributed by atoms with Crippen LogP contribution in [0, 0.1) is 5.92 Å². The van der Waals surface area contributed by atoms with E-state index in [1.54, 1.807) is 0 Å². The second-order valence-electron chi connectivity index (χ2n) is 7.61. The fourth-order valence-electron chi connectivity index (χ4n) is 4.60. The van der Waals surface area contributed by atoms with E-state index in [2.05, 4.69) is 10.2 Å². The van der Waals surface area contributed by atoms with Gasteiger partial charge in [-0.15, -0.1) is 0 Å². The van der Waals surface area contributed by atoms with Gasteiger partial charge >= 0.3 is 0 Å². The van der Waals surface area contributed by atoms with Crippen molar-refractivity contribution in [2.45, 2.75) is 69.9 Å². The summed E-state index contributed by atoms with van der Waals surface area (Å²) in [6.45, 7) is 4.05. The SMILES string of the molecule is CN(C(=O)CN1CCC(C2CCCN2)CC1)C1CCCCC1. The van der Waals surface area contributed by atoms with Crippen molar-refractivity contribution in [2.75, 3.05) is 33.2 Å². The van der Waals surface area contributed by atoms with E-state index in [-0.39, 0.29) is 0 Å². The number of carbonyl (C=O) groups excluding carboxylic acids is 1. The zero-order valence-electron chi connectivity index (χ0n) is 14.2. The van der Waals surface area contributed by atoms with Crippen molar-refractivity contribution in [3.63, 3.8) is 0 Å². The Kier molecular flexibility index (Phi) is 5.75. The number of amides is 1. The fourth-order valence-corrected chi connectivity index (χ4v) is 4.60. The number of nitrogens with one attached hydrogen (secondary N) is 1. The van der Waals surface area contributed by atoms with Gasteiger partial charge in [0.2, 0.25) is 5.91 Å². The Labute approximate surface area is 135 Å². The molecule has 4 heteroatoms. The second-order valence-corrected chi connectivity index (χ2v) is 7.61. The van der Waals surface area contributed by atoms with E-state index in [1.165, 1.54) is 64.3 Å². The third kappa shape index (κ3) is 4.02. The van der Waals surface area contributed by atoms with Gasteiger partial charge in [0.05, 0.1) is 6.54 Å². The van der Waals surface area contributed by atoms with Crippen molar-refractivity contribution in [1.82, 2.24) is 15.1 Å². The maximum Gasteiger partial charge on any atom is 0.236 e. The molecule has 0 bridgehead atoms. The zero-order valence-corrected chi connectivity index (χ0v) is 14.2. The normalized spacial score (nSPS) is 28.9. The summed E-state index contributed by atoms with van der Waals surface area (Å²) in [6.07, 6.45) is 11.6. The first-order valence-electron chi connectivity index (χ1n) is 9.45. The molecule has 2 heterocycles. The van der Waals surface area contributed by atoms with Gasteiger partial charge in [0.25, 0.3) is 0 Å². The minimum Gasteiger partial charge on any atom is -0.342 e. The Balaban J connectivity index is 1.40. The number of likely N-dealkylation sites (tertiary alicyclic amines) is 1. The van der Waals surface area contributed by atoms with Crippen LogP contribution in [-0.4, -0.2) is 61.0 Å². The van der Waals surface area contributed by atoms with Gasteiger partial charge in [-0.05, 0) is 64.1 Å². The van der Waals surface area contributed by atoms with Crippen molar-refractivity contribution in [3.8, 4) is 0 Å². The summed E-state index contributed by atoms with van der Waals surface area (Å²) in [5.74, 6) is 1.18. The highest BCUT2D eigenvalue weighted by molar-refractivity contribution is 5.78. The molecule has 1 unspecified atom stereocenters. The van der Waals surface area contributed by atoms with Crippen LogP contribution in [-0.2, 0) is 4.79 Å². The maximum absolute atomic E-state index is 12.5.